The van der Waals surface area contributed by atoms with E-state index in [2.05, 4.69) is 15.1 Å². The molecule has 2 aliphatic heterocycles. The largest absolute Gasteiger partial charge is 0.456 e. The molecule has 0 radical (unpaired) electrons. The fourth-order valence-electron chi connectivity index (χ4n) is 3.07. The van der Waals surface area contributed by atoms with Crippen molar-refractivity contribution in [3.63, 3.8) is 0 Å². The summed E-state index contributed by atoms with van der Waals surface area (Å²) in [4.78, 5) is 22.1. The number of benzene rings is 1. The van der Waals surface area contributed by atoms with E-state index in [4.69, 9.17) is 10.00 Å². The van der Waals surface area contributed by atoms with Gasteiger partial charge in [-0.3, -0.25) is 0 Å². The molecular weight excluding hydrogens is 370 g/mol. The summed E-state index contributed by atoms with van der Waals surface area (Å²) in [5.74, 6) is -1.40. The molecule has 0 bridgehead atoms. The lowest BCUT2D eigenvalue weighted by Gasteiger charge is -2.40. The Morgan fingerprint density at radius 3 is 2.71 bits per heavy atom. The number of aromatic nitrogens is 2. The van der Waals surface area contributed by atoms with Crippen molar-refractivity contribution in [2.75, 3.05) is 13.1 Å². The number of carbonyl (C=O) groups is 1. The van der Waals surface area contributed by atoms with Gasteiger partial charge in [0.1, 0.15) is 29.5 Å². The quantitative estimate of drug-likeness (QED) is 0.809. The highest BCUT2D eigenvalue weighted by molar-refractivity contribution is 5.79. The van der Waals surface area contributed by atoms with E-state index in [-0.39, 0.29) is 36.9 Å². The minimum Gasteiger partial charge on any atom is -0.456 e. The van der Waals surface area contributed by atoms with Crippen LogP contribution in [0.4, 0.5) is 13.6 Å². The van der Waals surface area contributed by atoms with Gasteiger partial charge in [0.2, 0.25) is 0 Å². The van der Waals surface area contributed by atoms with Crippen molar-refractivity contribution < 1.29 is 18.3 Å². The zero-order valence-corrected chi connectivity index (χ0v) is 14.5. The molecule has 1 aromatic heterocycles. The lowest BCUT2D eigenvalue weighted by molar-refractivity contribution is 0.0225. The Kier molecular flexibility index (Phi) is 4.57. The van der Waals surface area contributed by atoms with Crippen LogP contribution in [0.2, 0.25) is 0 Å². The molecule has 0 spiro atoms. The second-order valence-corrected chi connectivity index (χ2v) is 6.36. The predicted molar refractivity (Wildman–Crippen MR) is 92.2 cm³/mol. The first-order valence-electron chi connectivity index (χ1n) is 8.50. The lowest BCUT2D eigenvalue weighted by atomic mass is 10.0. The zero-order valence-electron chi connectivity index (χ0n) is 14.5. The highest BCUT2D eigenvalue weighted by Gasteiger charge is 2.39. The summed E-state index contributed by atoms with van der Waals surface area (Å²) in [6, 6.07) is 5.67. The molecule has 3 heterocycles. The second-order valence-electron chi connectivity index (χ2n) is 6.36. The SMILES string of the molecule is N#Cc1ccnc(OC2CN(C(=O)N3N=CCC3c3cc(F)cc(F)c3)C2)n1. The van der Waals surface area contributed by atoms with E-state index in [1.807, 2.05) is 6.07 Å². The van der Waals surface area contributed by atoms with Crippen LogP contribution in [0.5, 0.6) is 6.01 Å². The summed E-state index contributed by atoms with van der Waals surface area (Å²) < 4.78 is 32.6. The van der Waals surface area contributed by atoms with Crippen LogP contribution < -0.4 is 4.74 Å². The maximum Gasteiger partial charge on any atom is 0.341 e. The third-order valence-electron chi connectivity index (χ3n) is 4.43. The van der Waals surface area contributed by atoms with Gasteiger partial charge in [0.25, 0.3) is 0 Å². The fraction of sp³-hybridized carbons (Fsp3) is 0.278. The number of nitriles is 1. The number of halogens is 2. The fourth-order valence-corrected chi connectivity index (χ4v) is 3.07. The summed E-state index contributed by atoms with van der Waals surface area (Å²) in [6.07, 6.45) is 3.02. The maximum absolute atomic E-state index is 13.5. The van der Waals surface area contributed by atoms with Crippen molar-refractivity contribution in [3.8, 4) is 12.1 Å². The van der Waals surface area contributed by atoms with Crippen LogP contribution in [0, 0.1) is 23.0 Å². The number of rotatable bonds is 3. The highest BCUT2D eigenvalue weighted by Crippen LogP contribution is 2.31. The number of urea groups is 1. The first-order valence-corrected chi connectivity index (χ1v) is 8.50. The molecule has 2 aromatic rings. The van der Waals surface area contributed by atoms with E-state index in [9.17, 15) is 13.6 Å². The summed E-state index contributed by atoms with van der Waals surface area (Å²) in [5.41, 5.74) is 0.534. The van der Waals surface area contributed by atoms with E-state index in [1.54, 1.807) is 6.21 Å². The van der Waals surface area contributed by atoms with Crippen molar-refractivity contribution in [3.05, 3.63) is 53.4 Å². The Morgan fingerprint density at radius 2 is 2.00 bits per heavy atom. The minimum absolute atomic E-state index is 0.0726. The summed E-state index contributed by atoms with van der Waals surface area (Å²) in [7, 11) is 0. The van der Waals surface area contributed by atoms with Crippen LogP contribution in [0.15, 0.2) is 35.6 Å². The molecule has 1 aromatic carbocycles. The number of nitrogens with zero attached hydrogens (tertiary/aromatic N) is 6. The van der Waals surface area contributed by atoms with E-state index in [0.717, 1.165) is 6.07 Å². The average Bonchev–Trinajstić information content (AvgIpc) is 3.13. The molecule has 4 rings (SSSR count). The Hall–Kier alpha value is -3.61. The lowest BCUT2D eigenvalue weighted by Crippen LogP contribution is -2.59. The van der Waals surface area contributed by atoms with Gasteiger partial charge >= 0.3 is 12.0 Å². The first-order chi connectivity index (χ1) is 13.5. The van der Waals surface area contributed by atoms with Crippen LogP contribution in [-0.2, 0) is 0 Å². The van der Waals surface area contributed by atoms with Crippen molar-refractivity contribution >= 4 is 12.2 Å². The molecular formula is C18H14F2N6O2. The molecule has 0 N–H and O–H groups in total. The number of hydrogen-bond donors (Lipinski definition) is 0. The van der Waals surface area contributed by atoms with Gasteiger partial charge in [-0.2, -0.15) is 15.3 Å². The molecule has 1 saturated heterocycles. The molecule has 2 aliphatic rings. The number of ether oxygens (including phenoxy) is 1. The van der Waals surface area contributed by atoms with Crippen molar-refractivity contribution in [2.45, 2.75) is 18.6 Å². The van der Waals surface area contributed by atoms with Crippen molar-refractivity contribution in [2.24, 2.45) is 5.10 Å². The van der Waals surface area contributed by atoms with Crippen molar-refractivity contribution in [1.82, 2.24) is 19.9 Å². The van der Waals surface area contributed by atoms with Gasteiger partial charge in [0.05, 0.1) is 19.1 Å². The van der Waals surface area contributed by atoms with E-state index in [1.165, 1.54) is 34.3 Å². The average molecular weight is 384 g/mol. The van der Waals surface area contributed by atoms with Gasteiger partial charge in [0, 0.05) is 24.9 Å². The van der Waals surface area contributed by atoms with Gasteiger partial charge in [-0.25, -0.2) is 23.6 Å². The van der Waals surface area contributed by atoms with Crippen LogP contribution in [0.1, 0.15) is 23.7 Å². The van der Waals surface area contributed by atoms with Gasteiger partial charge < -0.3 is 9.64 Å². The standard InChI is InChI=1S/C18H14F2N6O2/c19-12-5-11(6-13(20)7-12)16-2-4-23-26(16)18(27)25-9-15(10-25)28-17-22-3-1-14(8-21)24-17/h1,3-7,15-16H,2,9-10H2. The Morgan fingerprint density at radius 1 is 1.25 bits per heavy atom. The smallest absolute Gasteiger partial charge is 0.341 e. The van der Waals surface area contributed by atoms with Crippen LogP contribution >= 0.6 is 0 Å². The van der Waals surface area contributed by atoms with E-state index >= 15 is 0 Å². The number of amides is 2. The monoisotopic (exact) mass is 384 g/mol. The normalized spacial score (nSPS) is 18.7. The summed E-state index contributed by atoms with van der Waals surface area (Å²) in [6.45, 7) is 0.574. The molecule has 1 unspecified atom stereocenters. The van der Waals surface area contributed by atoms with E-state index < -0.39 is 17.7 Å². The van der Waals surface area contributed by atoms with Crippen LogP contribution in [0.25, 0.3) is 0 Å². The Balaban J connectivity index is 1.38. The van der Waals surface area contributed by atoms with Gasteiger partial charge in [-0.1, -0.05) is 0 Å². The highest BCUT2D eigenvalue weighted by atomic mass is 19.1. The molecule has 10 heteroatoms. The molecule has 8 nitrogen and oxygen atoms in total. The number of hydrogen-bond acceptors (Lipinski definition) is 6. The first kappa shape index (κ1) is 17.8. The maximum atomic E-state index is 13.5. The molecule has 0 saturated carbocycles. The van der Waals surface area contributed by atoms with Gasteiger partial charge in [-0.15, -0.1) is 0 Å². The van der Waals surface area contributed by atoms with Crippen molar-refractivity contribution in [1.29, 1.82) is 5.26 Å². The number of carbonyl (C=O) groups excluding carboxylic acids is 1. The molecule has 1 atom stereocenters. The number of likely N-dealkylation sites (tertiary alicyclic amines) is 1. The summed E-state index contributed by atoms with van der Waals surface area (Å²) in [5, 5.41) is 14.1. The van der Waals surface area contributed by atoms with Gasteiger partial charge in [0.15, 0.2) is 0 Å². The molecule has 142 valence electrons. The Labute approximate surface area is 158 Å². The van der Waals surface area contributed by atoms with E-state index in [0.29, 0.717) is 12.0 Å². The van der Waals surface area contributed by atoms with Crippen LogP contribution in [-0.4, -0.2) is 51.3 Å². The Bertz CT molecular complexity index is 966. The molecule has 0 aliphatic carbocycles. The van der Waals surface area contributed by atoms with Crippen LogP contribution in [0.3, 0.4) is 0 Å². The molecule has 28 heavy (non-hydrogen) atoms. The minimum atomic E-state index is -0.702. The summed E-state index contributed by atoms with van der Waals surface area (Å²) >= 11 is 0. The molecule has 1 fully saturated rings. The molecule has 2 amide bonds. The third-order valence-corrected chi connectivity index (χ3v) is 4.43. The number of hydrazone groups is 1. The topological polar surface area (TPSA) is 94.7 Å². The third kappa shape index (κ3) is 3.46. The zero-order chi connectivity index (χ0) is 19.7. The predicted octanol–water partition coefficient (Wildman–Crippen LogP) is 2.24. The van der Waals surface area contributed by atoms with Gasteiger partial charge in [-0.05, 0) is 23.8 Å². The second kappa shape index (κ2) is 7.19.